The molecule has 0 bridgehead atoms. The average molecular weight is 379 g/mol. The van der Waals surface area contributed by atoms with E-state index in [1.807, 2.05) is 6.07 Å². The smallest absolute Gasteiger partial charge is 0.416 e. The van der Waals surface area contributed by atoms with Crippen LogP contribution in [0.25, 0.3) is 10.9 Å². The molecule has 0 saturated heterocycles. The van der Waals surface area contributed by atoms with Gasteiger partial charge < -0.3 is 9.30 Å². The predicted molar refractivity (Wildman–Crippen MR) is 93.5 cm³/mol. The van der Waals surface area contributed by atoms with Gasteiger partial charge in [0, 0.05) is 23.0 Å². The number of carbonyl (C=O) groups is 1. The number of benzene rings is 2. The third-order valence-electron chi connectivity index (χ3n) is 4.38. The number of esters is 1. The van der Waals surface area contributed by atoms with Crippen LogP contribution in [0.3, 0.4) is 0 Å². The summed E-state index contributed by atoms with van der Waals surface area (Å²) in [5.74, 6) is -0.473. The highest BCUT2D eigenvalue weighted by molar-refractivity contribution is 5.95. The number of halogens is 4. The lowest BCUT2D eigenvalue weighted by Crippen LogP contribution is -2.07. The number of aryl methyl sites for hydroxylation is 1. The lowest BCUT2D eigenvalue weighted by molar-refractivity contribution is -0.137. The molecule has 0 unspecified atom stereocenters. The normalized spacial score (nSPS) is 11.7. The van der Waals surface area contributed by atoms with E-state index in [0.717, 1.165) is 28.7 Å². The number of nitrogens with zero attached hydrogens (tertiary/aromatic N) is 1. The van der Waals surface area contributed by atoms with Crippen LogP contribution in [0, 0.1) is 0 Å². The largest absolute Gasteiger partial charge is 0.465 e. The number of ether oxygens (including phenoxy) is 1. The van der Waals surface area contributed by atoms with E-state index in [2.05, 4.69) is 0 Å². The van der Waals surface area contributed by atoms with E-state index in [-0.39, 0.29) is 6.54 Å². The molecular formula is C20H17F4NO2. The maximum atomic E-state index is 13.0. The Hall–Kier alpha value is -2.83. The average Bonchev–Trinajstić information content (AvgIpc) is 2.97. The summed E-state index contributed by atoms with van der Waals surface area (Å²) in [6.45, 7) is -0.459. The third-order valence-corrected chi connectivity index (χ3v) is 4.38. The van der Waals surface area contributed by atoms with Crippen LogP contribution in [0.15, 0.2) is 48.5 Å². The number of aromatic nitrogens is 1. The molecule has 0 amide bonds. The maximum Gasteiger partial charge on any atom is 0.416 e. The molecule has 0 aliphatic rings. The minimum Gasteiger partial charge on any atom is -0.465 e. The molecule has 7 heteroatoms. The zero-order valence-electron chi connectivity index (χ0n) is 14.5. The maximum absolute atomic E-state index is 13.0. The molecule has 3 rings (SSSR count). The number of hydrogen-bond donors (Lipinski definition) is 0. The fourth-order valence-corrected chi connectivity index (χ4v) is 3.09. The fraction of sp³-hybridized carbons (Fsp3) is 0.250. The van der Waals surface area contributed by atoms with Crippen molar-refractivity contribution in [1.82, 2.24) is 4.57 Å². The summed E-state index contributed by atoms with van der Waals surface area (Å²) in [5.41, 5.74) is 1.85. The number of fused-ring (bicyclic) bond motifs is 1. The second-order valence-corrected chi connectivity index (χ2v) is 6.11. The Labute approximate surface area is 153 Å². The molecule has 0 saturated carbocycles. The molecule has 1 aromatic heterocycles. The van der Waals surface area contributed by atoms with Gasteiger partial charge in [-0.05, 0) is 42.0 Å². The van der Waals surface area contributed by atoms with Gasteiger partial charge in [0.05, 0.1) is 24.8 Å². The van der Waals surface area contributed by atoms with Gasteiger partial charge in [-0.2, -0.15) is 13.2 Å². The molecule has 3 nitrogen and oxygen atoms in total. The number of carbonyl (C=O) groups excluding carboxylic acids is 1. The van der Waals surface area contributed by atoms with Crippen LogP contribution in [0.1, 0.15) is 27.2 Å². The van der Waals surface area contributed by atoms with Gasteiger partial charge in [-0.25, -0.2) is 9.18 Å². The Morgan fingerprint density at radius 3 is 2.37 bits per heavy atom. The topological polar surface area (TPSA) is 31.2 Å². The summed E-state index contributed by atoms with van der Waals surface area (Å²) in [6.07, 6.45) is -4.04. The van der Waals surface area contributed by atoms with Crippen molar-refractivity contribution in [3.05, 3.63) is 70.9 Å². The van der Waals surface area contributed by atoms with Gasteiger partial charge in [0.15, 0.2) is 0 Å². The summed E-state index contributed by atoms with van der Waals surface area (Å²) in [7, 11) is 1.29. The predicted octanol–water partition coefficient (Wildman–Crippen LogP) is 5.01. The summed E-state index contributed by atoms with van der Waals surface area (Å²) < 4.78 is 57.6. The fourth-order valence-electron chi connectivity index (χ4n) is 3.09. The molecule has 0 spiro atoms. The number of rotatable bonds is 5. The highest BCUT2D eigenvalue weighted by Gasteiger charge is 2.29. The zero-order valence-corrected chi connectivity index (χ0v) is 14.5. The molecule has 27 heavy (non-hydrogen) atoms. The molecule has 0 fully saturated rings. The van der Waals surface area contributed by atoms with Crippen molar-refractivity contribution in [2.24, 2.45) is 0 Å². The highest BCUT2D eigenvalue weighted by atomic mass is 19.4. The molecule has 2 aromatic carbocycles. The molecule has 0 radical (unpaired) electrons. The first-order valence-electron chi connectivity index (χ1n) is 8.26. The van der Waals surface area contributed by atoms with Crippen molar-refractivity contribution < 1.29 is 27.1 Å². The van der Waals surface area contributed by atoms with Crippen LogP contribution < -0.4 is 0 Å². The van der Waals surface area contributed by atoms with Crippen LogP contribution in [-0.4, -0.2) is 24.3 Å². The van der Waals surface area contributed by atoms with E-state index in [4.69, 9.17) is 4.74 Å². The first-order valence-corrected chi connectivity index (χ1v) is 8.26. The summed E-state index contributed by atoms with van der Waals surface area (Å²) in [6, 6.07) is 11.7. The minimum atomic E-state index is -4.38. The Morgan fingerprint density at radius 1 is 1.07 bits per heavy atom. The third kappa shape index (κ3) is 3.97. The zero-order chi connectivity index (χ0) is 19.6. The van der Waals surface area contributed by atoms with Gasteiger partial charge in [0.25, 0.3) is 0 Å². The molecule has 3 aromatic rings. The van der Waals surface area contributed by atoms with E-state index in [0.29, 0.717) is 17.5 Å². The number of methoxy groups -OCH3 is 1. The lowest BCUT2D eigenvalue weighted by Gasteiger charge is -2.10. The van der Waals surface area contributed by atoms with Crippen LogP contribution in [0.4, 0.5) is 17.6 Å². The summed E-state index contributed by atoms with van der Waals surface area (Å²) in [5, 5.41) is 0.744. The lowest BCUT2D eigenvalue weighted by atomic mass is 10.1. The van der Waals surface area contributed by atoms with Gasteiger partial charge in [0.2, 0.25) is 0 Å². The van der Waals surface area contributed by atoms with E-state index < -0.39 is 24.4 Å². The van der Waals surface area contributed by atoms with E-state index in [1.165, 1.54) is 19.2 Å². The monoisotopic (exact) mass is 379 g/mol. The molecule has 1 heterocycles. The van der Waals surface area contributed by atoms with Crippen LogP contribution >= 0.6 is 0 Å². The first-order chi connectivity index (χ1) is 12.8. The Morgan fingerprint density at radius 2 is 1.78 bits per heavy atom. The number of alkyl halides is 4. The van der Waals surface area contributed by atoms with Gasteiger partial charge in [-0.15, -0.1) is 0 Å². The molecule has 0 aliphatic heterocycles. The van der Waals surface area contributed by atoms with E-state index in [9.17, 15) is 22.4 Å². The van der Waals surface area contributed by atoms with Gasteiger partial charge in [0.1, 0.15) is 6.67 Å². The quantitative estimate of drug-likeness (QED) is 0.461. The first kappa shape index (κ1) is 18.9. The van der Waals surface area contributed by atoms with Crippen LogP contribution in [0.5, 0.6) is 0 Å². The second kappa shape index (κ2) is 7.42. The minimum absolute atomic E-state index is 0.122. The molecule has 142 valence electrons. The van der Waals surface area contributed by atoms with Crippen LogP contribution in [-0.2, 0) is 23.9 Å². The summed E-state index contributed by atoms with van der Waals surface area (Å²) in [4.78, 5) is 11.7. The van der Waals surface area contributed by atoms with Crippen molar-refractivity contribution in [1.29, 1.82) is 0 Å². The highest BCUT2D eigenvalue weighted by Crippen LogP contribution is 2.30. The van der Waals surface area contributed by atoms with E-state index >= 15 is 0 Å². The van der Waals surface area contributed by atoms with Crippen molar-refractivity contribution in [3.8, 4) is 0 Å². The van der Waals surface area contributed by atoms with Crippen molar-refractivity contribution in [3.63, 3.8) is 0 Å². The van der Waals surface area contributed by atoms with E-state index in [1.54, 1.807) is 22.8 Å². The molecule has 0 N–H and O–H groups in total. The second-order valence-electron chi connectivity index (χ2n) is 6.11. The van der Waals surface area contributed by atoms with Crippen molar-refractivity contribution in [2.45, 2.75) is 19.1 Å². The van der Waals surface area contributed by atoms with Crippen molar-refractivity contribution >= 4 is 16.9 Å². The van der Waals surface area contributed by atoms with Gasteiger partial charge in [-0.3, -0.25) is 0 Å². The van der Waals surface area contributed by atoms with Crippen LogP contribution in [0.2, 0.25) is 0 Å². The molecular weight excluding hydrogens is 362 g/mol. The Kier molecular flexibility index (Phi) is 5.21. The standard InChI is InChI=1S/C20H17F4NO2/c1-27-19(26)14-4-7-18-15(11-14)12-17(25(18)9-8-21)10-13-2-5-16(6-3-13)20(22,23)24/h2-7,11-12H,8-10H2,1H3. The summed E-state index contributed by atoms with van der Waals surface area (Å²) >= 11 is 0. The molecule has 0 atom stereocenters. The van der Waals surface area contributed by atoms with Gasteiger partial charge in [-0.1, -0.05) is 12.1 Å². The van der Waals surface area contributed by atoms with Gasteiger partial charge >= 0.3 is 12.1 Å². The Bertz CT molecular complexity index is 959. The van der Waals surface area contributed by atoms with Crippen molar-refractivity contribution in [2.75, 3.05) is 13.8 Å². The SMILES string of the molecule is COC(=O)c1ccc2c(c1)cc(Cc1ccc(C(F)(F)F)cc1)n2CCF. The Balaban J connectivity index is 1.97. The molecule has 0 aliphatic carbocycles. The number of hydrogen-bond acceptors (Lipinski definition) is 2.